The minimum Gasteiger partial charge on any atom is -0.320 e. The Kier molecular flexibility index (Phi) is 3.48. The number of aromatic nitrogens is 3. The second-order valence-electron chi connectivity index (χ2n) is 3.77. The van der Waals surface area contributed by atoms with Crippen molar-refractivity contribution in [3.63, 3.8) is 0 Å². The van der Waals surface area contributed by atoms with Gasteiger partial charge in [-0.15, -0.1) is 10.2 Å². The van der Waals surface area contributed by atoms with E-state index in [-0.39, 0.29) is 0 Å². The topological polar surface area (TPSA) is 66.5 Å². The third kappa shape index (κ3) is 2.89. The number of hydrogen-bond donors (Lipinski definition) is 1. The van der Waals surface area contributed by atoms with Crippen molar-refractivity contribution in [1.82, 2.24) is 20.1 Å². The molecule has 1 aromatic heterocycles. The number of rotatable bonds is 4. The summed E-state index contributed by atoms with van der Waals surface area (Å²) in [5.41, 5.74) is 1.77. The molecule has 0 aliphatic heterocycles. The van der Waals surface area contributed by atoms with Gasteiger partial charge in [0.25, 0.3) is 0 Å². The molecule has 0 fully saturated rings. The molecule has 0 spiro atoms. The molecule has 0 radical (unpaired) electrons. The highest BCUT2D eigenvalue weighted by Crippen LogP contribution is 2.03. The largest absolute Gasteiger partial charge is 0.320 e. The van der Waals surface area contributed by atoms with Crippen molar-refractivity contribution >= 4 is 0 Å². The molecule has 0 atom stereocenters. The van der Waals surface area contributed by atoms with E-state index in [9.17, 15) is 0 Å². The van der Waals surface area contributed by atoms with Crippen LogP contribution < -0.4 is 5.32 Å². The molecular formula is C12H13N5. The predicted octanol–water partition coefficient (Wildman–Crippen LogP) is 0.977. The van der Waals surface area contributed by atoms with Crippen LogP contribution in [0.5, 0.6) is 0 Å². The van der Waals surface area contributed by atoms with Gasteiger partial charge >= 0.3 is 0 Å². The molecule has 0 aliphatic carbocycles. The van der Waals surface area contributed by atoms with E-state index in [1.54, 1.807) is 12.4 Å². The number of nitriles is 1. The van der Waals surface area contributed by atoms with Gasteiger partial charge < -0.3 is 9.88 Å². The quantitative estimate of drug-likeness (QED) is 0.845. The zero-order chi connectivity index (χ0) is 12.1. The Morgan fingerprint density at radius 2 is 2.29 bits per heavy atom. The molecule has 1 aromatic carbocycles. The fraction of sp³-hybridized carbons (Fsp3) is 0.250. The van der Waals surface area contributed by atoms with Crippen LogP contribution in [0.25, 0.3) is 0 Å². The van der Waals surface area contributed by atoms with Gasteiger partial charge in [-0.25, -0.2) is 0 Å². The van der Waals surface area contributed by atoms with Gasteiger partial charge in [0.15, 0.2) is 0 Å². The fourth-order valence-corrected chi connectivity index (χ4v) is 1.54. The van der Waals surface area contributed by atoms with Crippen LogP contribution in [-0.4, -0.2) is 14.8 Å². The molecule has 1 N–H and O–H groups in total. The Hall–Kier alpha value is -2.19. The minimum atomic E-state index is 0.660. The molecule has 0 saturated carbocycles. The summed E-state index contributed by atoms with van der Waals surface area (Å²) in [5, 5.41) is 19.8. The van der Waals surface area contributed by atoms with E-state index < -0.39 is 0 Å². The highest BCUT2D eigenvalue weighted by Gasteiger charge is 2.00. The Balaban J connectivity index is 1.90. The van der Waals surface area contributed by atoms with Crippen LogP contribution in [0.1, 0.15) is 17.0 Å². The molecule has 0 unspecified atom stereocenters. The molecule has 0 saturated heterocycles. The zero-order valence-electron chi connectivity index (χ0n) is 9.59. The number of aryl methyl sites for hydroxylation is 1. The number of benzene rings is 1. The van der Waals surface area contributed by atoms with Gasteiger partial charge in [-0.1, -0.05) is 12.1 Å². The normalized spacial score (nSPS) is 10.1. The highest BCUT2D eigenvalue weighted by atomic mass is 15.3. The Morgan fingerprint density at radius 1 is 1.41 bits per heavy atom. The van der Waals surface area contributed by atoms with E-state index in [2.05, 4.69) is 21.6 Å². The summed E-state index contributed by atoms with van der Waals surface area (Å²) in [6.07, 6.45) is 1.67. The third-order valence-corrected chi connectivity index (χ3v) is 2.47. The summed E-state index contributed by atoms with van der Waals surface area (Å²) in [4.78, 5) is 0. The van der Waals surface area contributed by atoms with Gasteiger partial charge in [0.2, 0.25) is 0 Å². The van der Waals surface area contributed by atoms with Gasteiger partial charge in [0.05, 0.1) is 18.2 Å². The van der Waals surface area contributed by atoms with Crippen LogP contribution in [0.3, 0.4) is 0 Å². The molecule has 0 aliphatic rings. The minimum absolute atomic E-state index is 0.660. The highest BCUT2D eigenvalue weighted by molar-refractivity contribution is 5.32. The molecule has 1 heterocycles. The standard InChI is InChI=1S/C12H13N5/c1-17-9-15-16-12(17)8-14-7-11-4-2-3-10(5-11)6-13/h2-5,9,14H,7-8H2,1H3. The van der Waals surface area contributed by atoms with Crippen molar-refractivity contribution < 1.29 is 0 Å². The second-order valence-corrected chi connectivity index (χ2v) is 3.77. The molecule has 2 rings (SSSR count). The predicted molar refractivity (Wildman–Crippen MR) is 62.7 cm³/mol. The van der Waals surface area contributed by atoms with Crippen molar-refractivity contribution in [1.29, 1.82) is 5.26 Å². The second kappa shape index (κ2) is 5.23. The average molecular weight is 227 g/mol. The number of nitrogens with zero attached hydrogens (tertiary/aromatic N) is 4. The molecule has 86 valence electrons. The number of nitrogens with one attached hydrogen (secondary N) is 1. The smallest absolute Gasteiger partial charge is 0.146 e. The van der Waals surface area contributed by atoms with Crippen LogP contribution in [0.4, 0.5) is 0 Å². The van der Waals surface area contributed by atoms with Gasteiger partial charge in [-0.3, -0.25) is 0 Å². The van der Waals surface area contributed by atoms with Crippen molar-refractivity contribution in [2.75, 3.05) is 0 Å². The van der Waals surface area contributed by atoms with Gasteiger partial charge in [0, 0.05) is 13.6 Å². The van der Waals surface area contributed by atoms with Crippen molar-refractivity contribution in [3.8, 4) is 6.07 Å². The van der Waals surface area contributed by atoms with Crippen LogP contribution in [-0.2, 0) is 20.1 Å². The summed E-state index contributed by atoms with van der Waals surface area (Å²) < 4.78 is 1.87. The molecule has 2 aromatic rings. The molecule has 0 amide bonds. The zero-order valence-corrected chi connectivity index (χ0v) is 9.59. The summed E-state index contributed by atoms with van der Waals surface area (Å²) in [5.74, 6) is 0.890. The monoisotopic (exact) mass is 227 g/mol. The Morgan fingerprint density at radius 3 is 3.00 bits per heavy atom. The lowest BCUT2D eigenvalue weighted by Crippen LogP contribution is -2.15. The lowest BCUT2D eigenvalue weighted by Gasteiger charge is -2.04. The SMILES string of the molecule is Cn1cnnc1CNCc1cccc(C#N)c1. The van der Waals surface area contributed by atoms with Crippen molar-refractivity contribution in [3.05, 3.63) is 47.5 Å². The maximum absolute atomic E-state index is 8.78. The number of hydrogen-bond acceptors (Lipinski definition) is 4. The molecule has 0 bridgehead atoms. The molecule has 5 heteroatoms. The Labute approximate surface area is 99.7 Å². The van der Waals surface area contributed by atoms with Crippen LogP contribution in [0.2, 0.25) is 0 Å². The Bertz CT molecular complexity index is 538. The maximum atomic E-state index is 8.78. The van der Waals surface area contributed by atoms with Crippen LogP contribution in [0, 0.1) is 11.3 Å². The summed E-state index contributed by atoms with van der Waals surface area (Å²) >= 11 is 0. The van der Waals surface area contributed by atoms with Gasteiger partial charge in [-0.05, 0) is 17.7 Å². The molecule has 5 nitrogen and oxygen atoms in total. The first-order chi connectivity index (χ1) is 8.29. The van der Waals surface area contributed by atoms with E-state index in [1.807, 2.05) is 29.8 Å². The van der Waals surface area contributed by atoms with E-state index in [0.717, 1.165) is 11.4 Å². The molecule has 17 heavy (non-hydrogen) atoms. The lowest BCUT2D eigenvalue weighted by molar-refractivity contribution is 0.637. The van der Waals surface area contributed by atoms with Crippen molar-refractivity contribution in [2.45, 2.75) is 13.1 Å². The van der Waals surface area contributed by atoms with Gasteiger partial charge in [-0.2, -0.15) is 5.26 Å². The maximum Gasteiger partial charge on any atom is 0.146 e. The summed E-state index contributed by atoms with van der Waals surface area (Å²) in [6, 6.07) is 9.68. The van der Waals surface area contributed by atoms with Crippen LogP contribution in [0.15, 0.2) is 30.6 Å². The van der Waals surface area contributed by atoms with Gasteiger partial charge in [0.1, 0.15) is 12.2 Å². The van der Waals surface area contributed by atoms with E-state index in [1.165, 1.54) is 0 Å². The summed E-state index contributed by atoms with van der Waals surface area (Å²) in [6.45, 7) is 1.37. The fourth-order valence-electron chi connectivity index (χ4n) is 1.54. The first kappa shape index (κ1) is 11.3. The average Bonchev–Trinajstić information content (AvgIpc) is 2.76. The van der Waals surface area contributed by atoms with E-state index >= 15 is 0 Å². The third-order valence-electron chi connectivity index (χ3n) is 2.47. The first-order valence-corrected chi connectivity index (χ1v) is 5.32. The first-order valence-electron chi connectivity index (χ1n) is 5.32. The lowest BCUT2D eigenvalue weighted by atomic mass is 10.1. The van der Waals surface area contributed by atoms with Crippen LogP contribution >= 0.6 is 0 Å². The van der Waals surface area contributed by atoms with Crippen molar-refractivity contribution in [2.24, 2.45) is 7.05 Å². The van der Waals surface area contributed by atoms with E-state index in [0.29, 0.717) is 18.7 Å². The molecular weight excluding hydrogens is 214 g/mol. The summed E-state index contributed by atoms with van der Waals surface area (Å²) in [7, 11) is 1.91. The van der Waals surface area contributed by atoms with E-state index in [4.69, 9.17) is 5.26 Å².